The molecule has 1 aliphatic heterocycles. The number of amides is 2. The van der Waals surface area contributed by atoms with Crippen LogP contribution >= 0.6 is 0 Å². The first-order valence-electron chi connectivity index (χ1n) is 9.88. The fourth-order valence-electron chi connectivity index (χ4n) is 3.86. The molecule has 0 spiro atoms. The molecule has 160 valence electrons. The molecule has 1 aromatic heterocycles. The molecule has 2 aromatic rings. The number of benzene rings is 1. The number of esters is 1. The van der Waals surface area contributed by atoms with Crippen molar-refractivity contribution in [3.63, 3.8) is 0 Å². The van der Waals surface area contributed by atoms with Gasteiger partial charge in [0.1, 0.15) is 11.4 Å². The number of methoxy groups -OCH3 is 2. The predicted octanol–water partition coefficient (Wildman–Crippen LogP) is 2.92. The lowest BCUT2D eigenvalue weighted by Crippen LogP contribution is -2.41. The van der Waals surface area contributed by atoms with Crippen LogP contribution in [0, 0.1) is 19.8 Å². The van der Waals surface area contributed by atoms with Crippen LogP contribution in [0.3, 0.4) is 0 Å². The topological polar surface area (TPSA) is 101 Å². The zero-order valence-corrected chi connectivity index (χ0v) is 17.7. The number of hydrogen-bond acceptors (Lipinski definition) is 5. The van der Waals surface area contributed by atoms with Crippen molar-refractivity contribution < 1.29 is 23.9 Å². The van der Waals surface area contributed by atoms with Gasteiger partial charge in [0.15, 0.2) is 0 Å². The van der Waals surface area contributed by atoms with E-state index in [4.69, 9.17) is 9.47 Å². The van der Waals surface area contributed by atoms with E-state index in [2.05, 4.69) is 10.3 Å². The van der Waals surface area contributed by atoms with E-state index in [1.807, 2.05) is 12.1 Å². The number of nitrogens with one attached hydrogen (secondary N) is 2. The van der Waals surface area contributed by atoms with Gasteiger partial charge in [-0.2, -0.15) is 0 Å². The number of aryl methyl sites for hydroxylation is 1. The van der Waals surface area contributed by atoms with Crippen molar-refractivity contribution in [1.29, 1.82) is 0 Å². The quantitative estimate of drug-likeness (QED) is 0.734. The highest BCUT2D eigenvalue weighted by Crippen LogP contribution is 2.27. The highest BCUT2D eigenvalue weighted by atomic mass is 16.5. The maximum absolute atomic E-state index is 13.0. The number of ether oxygens (including phenoxy) is 2. The second-order valence-corrected chi connectivity index (χ2v) is 7.37. The van der Waals surface area contributed by atoms with E-state index < -0.39 is 5.97 Å². The van der Waals surface area contributed by atoms with Crippen molar-refractivity contribution in [3.05, 3.63) is 46.8 Å². The number of carbonyl (C=O) groups excluding carboxylic acids is 3. The van der Waals surface area contributed by atoms with E-state index in [9.17, 15) is 14.4 Å². The minimum atomic E-state index is -0.466. The van der Waals surface area contributed by atoms with Crippen molar-refractivity contribution >= 4 is 23.5 Å². The van der Waals surface area contributed by atoms with Gasteiger partial charge in [-0.25, -0.2) is 4.79 Å². The molecule has 2 amide bonds. The zero-order valence-electron chi connectivity index (χ0n) is 17.7. The molecule has 0 aliphatic carbocycles. The van der Waals surface area contributed by atoms with Crippen LogP contribution in [-0.2, 0) is 9.53 Å². The molecule has 2 N–H and O–H groups in total. The lowest BCUT2D eigenvalue weighted by atomic mass is 9.95. The van der Waals surface area contributed by atoms with Gasteiger partial charge < -0.3 is 24.7 Å². The summed E-state index contributed by atoms with van der Waals surface area (Å²) in [5, 5.41) is 2.92. The largest absolute Gasteiger partial charge is 0.495 e. The van der Waals surface area contributed by atoms with Crippen LogP contribution in [0.15, 0.2) is 24.3 Å². The first-order chi connectivity index (χ1) is 14.4. The number of aromatic nitrogens is 1. The maximum atomic E-state index is 13.0. The molecule has 8 nitrogen and oxygen atoms in total. The van der Waals surface area contributed by atoms with Gasteiger partial charge in [-0.1, -0.05) is 12.1 Å². The zero-order chi connectivity index (χ0) is 21.8. The number of hydrogen-bond donors (Lipinski definition) is 2. The van der Waals surface area contributed by atoms with Gasteiger partial charge >= 0.3 is 5.97 Å². The molecule has 1 aromatic carbocycles. The molecular formula is C22H27N3O5. The molecule has 3 rings (SSSR count). The van der Waals surface area contributed by atoms with Crippen LogP contribution in [0.25, 0.3) is 0 Å². The third-order valence-electron chi connectivity index (χ3n) is 5.56. The van der Waals surface area contributed by atoms with E-state index in [1.54, 1.807) is 38.0 Å². The lowest BCUT2D eigenvalue weighted by molar-refractivity contribution is -0.121. The van der Waals surface area contributed by atoms with Gasteiger partial charge in [0.05, 0.1) is 25.5 Å². The summed E-state index contributed by atoms with van der Waals surface area (Å²) in [5.41, 5.74) is 2.61. The number of H-pyrrole nitrogens is 1. The van der Waals surface area contributed by atoms with Crippen LogP contribution in [0.1, 0.15) is 44.9 Å². The number of piperidine rings is 1. The number of rotatable bonds is 5. The van der Waals surface area contributed by atoms with Crippen LogP contribution in [-0.4, -0.2) is 55.0 Å². The van der Waals surface area contributed by atoms with Gasteiger partial charge in [-0.15, -0.1) is 0 Å². The summed E-state index contributed by atoms with van der Waals surface area (Å²) in [4.78, 5) is 42.3. The number of likely N-dealkylation sites (tertiary alicyclic amines) is 1. The Balaban J connectivity index is 1.63. The average Bonchev–Trinajstić information content (AvgIpc) is 3.07. The maximum Gasteiger partial charge on any atom is 0.339 e. The second-order valence-electron chi connectivity index (χ2n) is 7.37. The van der Waals surface area contributed by atoms with Gasteiger partial charge in [0.25, 0.3) is 5.91 Å². The van der Waals surface area contributed by atoms with E-state index >= 15 is 0 Å². The van der Waals surface area contributed by atoms with E-state index in [0.717, 1.165) is 0 Å². The Morgan fingerprint density at radius 2 is 1.77 bits per heavy atom. The molecule has 0 atom stereocenters. The Labute approximate surface area is 175 Å². The first-order valence-corrected chi connectivity index (χ1v) is 9.88. The van der Waals surface area contributed by atoms with Crippen molar-refractivity contribution in [2.24, 2.45) is 5.92 Å². The van der Waals surface area contributed by atoms with Crippen LogP contribution in [0.5, 0.6) is 5.75 Å². The van der Waals surface area contributed by atoms with Gasteiger partial charge in [-0.3, -0.25) is 9.59 Å². The standard InChI is InChI=1S/C22H27N3O5/c1-13-18(22(28)30-4)14(2)23-19(13)21(27)25-11-9-15(10-12-25)20(26)24-16-7-5-6-8-17(16)29-3/h5-8,15,23H,9-12H2,1-4H3,(H,24,26). The van der Waals surface area contributed by atoms with Crippen molar-refractivity contribution in [3.8, 4) is 5.75 Å². The molecule has 30 heavy (non-hydrogen) atoms. The summed E-state index contributed by atoms with van der Waals surface area (Å²) in [6, 6.07) is 7.27. The monoisotopic (exact) mass is 413 g/mol. The summed E-state index contributed by atoms with van der Waals surface area (Å²) in [7, 11) is 2.88. The van der Waals surface area contributed by atoms with Crippen molar-refractivity contribution in [1.82, 2.24) is 9.88 Å². The fourth-order valence-corrected chi connectivity index (χ4v) is 3.86. The second kappa shape index (κ2) is 9.02. The molecule has 1 saturated heterocycles. The fraction of sp³-hybridized carbons (Fsp3) is 0.409. The summed E-state index contributed by atoms with van der Waals surface area (Å²) in [6.07, 6.45) is 1.13. The first kappa shape index (κ1) is 21.4. The van der Waals surface area contributed by atoms with Crippen LogP contribution in [0.4, 0.5) is 5.69 Å². The van der Waals surface area contributed by atoms with Crippen LogP contribution in [0.2, 0.25) is 0 Å². The Hall–Kier alpha value is -3.29. The molecule has 1 aliphatic rings. The normalized spacial score (nSPS) is 14.3. The Bertz CT molecular complexity index is 958. The average molecular weight is 413 g/mol. The minimum Gasteiger partial charge on any atom is -0.495 e. The van der Waals surface area contributed by atoms with E-state index in [-0.39, 0.29) is 17.7 Å². The van der Waals surface area contributed by atoms with Gasteiger partial charge in [-0.05, 0) is 44.4 Å². The minimum absolute atomic E-state index is 0.0773. The molecule has 1 fully saturated rings. The summed E-state index contributed by atoms with van der Waals surface area (Å²) >= 11 is 0. The number of anilines is 1. The highest BCUT2D eigenvalue weighted by Gasteiger charge is 2.31. The third kappa shape index (κ3) is 4.17. The highest BCUT2D eigenvalue weighted by molar-refractivity contribution is 6.00. The van der Waals surface area contributed by atoms with E-state index in [0.29, 0.717) is 59.9 Å². The third-order valence-corrected chi connectivity index (χ3v) is 5.56. The lowest BCUT2D eigenvalue weighted by Gasteiger charge is -2.31. The Kier molecular flexibility index (Phi) is 6.44. The Morgan fingerprint density at radius 3 is 2.40 bits per heavy atom. The number of para-hydroxylation sites is 2. The smallest absolute Gasteiger partial charge is 0.339 e. The summed E-state index contributed by atoms with van der Waals surface area (Å²) in [5.74, 6) is -0.290. The molecule has 0 radical (unpaired) electrons. The van der Waals surface area contributed by atoms with Gasteiger partial charge in [0, 0.05) is 24.7 Å². The van der Waals surface area contributed by atoms with Crippen LogP contribution < -0.4 is 10.1 Å². The molecule has 0 unspecified atom stereocenters. The number of carbonyl (C=O) groups is 3. The number of nitrogens with zero attached hydrogens (tertiary/aromatic N) is 1. The molecule has 0 bridgehead atoms. The molecule has 0 saturated carbocycles. The van der Waals surface area contributed by atoms with Gasteiger partial charge in [0.2, 0.25) is 5.91 Å². The molecule has 2 heterocycles. The predicted molar refractivity (Wildman–Crippen MR) is 112 cm³/mol. The molecular weight excluding hydrogens is 386 g/mol. The Morgan fingerprint density at radius 1 is 1.10 bits per heavy atom. The molecule has 8 heteroatoms. The van der Waals surface area contributed by atoms with E-state index in [1.165, 1.54) is 7.11 Å². The van der Waals surface area contributed by atoms with Crippen molar-refractivity contribution in [2.75, 3.05) is 32.6 Å². The summed E-state index contributed by atoms with van der Waals surface area (Å²) < 4.78 is 10.1. The number of aromatic amines is 1. The van der Waals surface area contributed by atoms with Crippen molar-refractivity contribution in [2.45, 2.75) is 26.7 Å². The summed E-state index contributed by atoms with van der Waals surface area (Å²) in [6.45, 7) is 4.41. The SMILES string of the molecule is COC(=O)c1c(C)[nH]c(C(=O)N2CCC(C(=O)Nc3ccccc3OC)CC2)c1C.